The molecule has 4 N–H and O–H groups in total. The maximum atomic E-state index is 9.41. The molecule has 5 heteroatoms. The van der Waals surface area contributed by atoms with E-state index in [1.807, 2.05) is 30.3 Å². The van der Waals surface area contributed by atoms with Crippen molar-refractivity contribution >= 4 is 17.3 Å². The predicted octanol–water partition coefficient (Wildman–Crippen LogP) is 2.30. The molecule has 0 radical (unpaired) electrons. The second-order valence-electron chi connectivity index (χ2n) is 4.67. The number of hydrogen-bond acceptors (Lipinski definition) is 3. The fourth-order valence-electron chi connectivity index (χ4n) is 1.89. The van der Waals surface area contributed by atoms with Gasteiger partial charge < -0.3 is 20.8 Å². The lowest BCUT2D eigenvalue weighted by Crippen LogP contribution is -2.35. The van der Waals surface area contributed by atoms with Gasteiger partial charge >= 0.3 is 0 Å². The minimum atomic E-state index is -0.105. The molecule has 0 amide bonds. The second kappa shape index (κ2) is 7.50. The number of benzene rings is 2. The average Bonchev–Trinajstić information content (AvgIpc) is 2.50. The topological polar surface area (TPSA) is 64.5 Å². The van der Waals surface area contributed by atoms with Gasteiger partial charge in [0.15, 0.2) is 16.6 Å². The third-order valence-corrected chi connectivity index (χ3v) is 3.32. The van der Waals surface area contributed by atoms with Crippen LogP contribution in [0.1, 0.15) is 11.1 Å². The smallest absolute Gasteiger partial charge is 0.166 e. The summed E-state index contributed by atoms with van der Waals surface area (Å²) >= 11 is 5.20. The summed E-state index contributed by atoms with van der Waals surface area (Å²) < 4.78 is 0. The predicted molar refractivity (Wildman–Crippen MR) is 87.4 cm³/mol. The number of hydrogen-bond donors (Lipinski definition) is 4. The van der Waals surface area contributed by atoms with Crippen LogP contribution in [0.3, 0.4) is 0 Å². The van der Waals surface area contributed by atoms with Gasteiger partial charge in [-0.1, -0.05) is 36.4 Å². The molecule has 4 nitrogen and oxygen atoms in total. The van der Waals surface area contributed by atoms with Crippen molar-refractivity contribution in [3.05, 3.63) is 59.7 Å². The van der Waals surface area contributed by atoms with Gasteiger partial charge in [-0.3, -0.25) is 0 Å². The van der Waals surface area contributed by atoms with Crippen molar-refractivity contribution in [1.29, 1.82) is 0 Å². The van der Waals surface area contributed by atoms with Crippen molar-refractivity contribution in [3.63, 3.8) is 0 Å². The minimum Gasteiger partial charge on any atom is -0.504 e. The maximum Gasteiger partial charge on any atom is 0.166 e. The first-order valence-electron chi connectivity index (χ1n) is 6.71. The van der Waals surface area contributed by atoms with Crippen molar-refractivity contribution in [2.24, 2.45) is 0 Å². The van der Waals surface area contributed by atoms with Crippen LogP contribution in [0.4, 0.5) is 0 Å². The summed E-state index contributed by atoms with van der Waals surface area (Å²) in [5, 5.41) is 25.5. The van der Waals surface area contributed by atoms with E-state index in [-0.39, 0.29) is 11.5 Å². The molecule has 0 aliphatic carbocycles. The van der Waals surface area contributed by atoms with Gasteiger partial charge in [-0.25, -0.2) is 0 Å². The summed E-state index contributed by atoms with van der Waals surface area (Å²) in [6.45, 7) is 1.34. The molecule has 0 aliphatic rings. The van der Waals surface area contributed by atoms with E-state index >= 15 is 0 Å². The van der Waals surface area contributed by atoms with Crippen molar-refractivity contribution in [2.75, 3.05) is 6.54 Å². The lowest BCUT2D eigenvalue weighted by molar-refractivity contribution is 0.403. The first-order chi connectivity index (χ1) is 10.1. The highest BCUT2D eigenvalue weighted by molar-refractivity contribution is 7.80. The largest absolute Gasteiger partial charge is 0.504 e. The molecule has 21 heavy (non-hydrogen) atoms. The number of thiocarbonyl (C=S) groups is 1. The quantitative estimate of drug-likeness (QED) is 0.504. The average molecular weight is 302 g/mol. The highest BCUT2D eigenvalue weighted by Gasteiger charge is 2.01. The van der Waals surface area contributed by atoms with E-state index in [1.165, 1.54) is 11.6 Å². The van der Waals surface area contributed by atoms with Gasteiger partial charge in [0, 0.05) is 13.1 Å². The summed E-state index contributed by atoms with van der Waals surface area (Å²) in [7, 11) is 0. The van der Waals surface area contributed by atoms with Crippen LogP contribution in [-0.2, 0) is 13.0 Å². The zero-order chi connectivity index (χ0) is 15.1. The normalized spacial score (nSPS) is 10.1. The molecular weight excluding hydrogens is 284 g/mol. The minimum absolute atomic E-state index is 0.0997. The van der Waals surface area contributed by atoms with Gasteiger partial charge in [0.1, 0.15) is 0 Å². The zero-order valence-corrected chi connectivity index (χ0v) is 12.4. The van der Waals surface area contributed by atoms with Crippen LogP contribution >= 0.6 is 12.2 Å². The van der Waals surface area contributed by atoms with Crippen molar-refractivity contribution < 1.29 is 10.2 Å². The Morgan fingerprint density at radius 2 is 1.67 bits per heavy atom. The van der Waals surface area contributed by atoms with E-state index in [0.717, 1.165) is 5.56 Å². The Morgan fingerprint density at radius 1 is 0.905 bits per heavy atom. The Hall–Kier alpha value is -2.27. The standard InChI is InChI=1S/C16H18N2O2S/c19-14-7-6-12(10-15(14)20)8-9-17-16(21)18-11-13-4-2-1-3-5-13/h1-7,10,19-20H,8-9,11H2,(H2,17,18,21). The Labute approximate surface area is 129 Å². The molecular formula is C16H18N2O2S. The molecule has 0 saturated heterocycles. The first-order valence-corrected chi connectivity index (χ1v) is 7.12. The molecule has 0 aromatic heterocycles. The highest BCUT2D eigenvalue weighted by atomic mass is 32.1. The van der Waals surface area contributed by atoms with Gasteiger partial charge in [-0.15, -0.1) is 0 Å². The van der Waals surface area contributed by atoms with E-state index in [0.29, 0.717) is 24.6 Å². The summed E-state index contributed by atoms with van der Waals surface area (Å²) in [5.74, 6) is -0.205. The van der Waals surface area contributed by atoms with Gasteiger partial charge in [-0.05, 0) is 41.9 Å². The molecule has 0 aliphatic heterocycles. The molecule has 0 spiro atoms. The van der Waals surface area contributed by atoms with Crippen molar-refractivity contribution in [2.45, 2.75) is 13.0 Å². The third-order valence-electron chi connectivity index (χ3n) is 3.03. The number of aromatic hydroxyl groups is 2. The van der Waals surface area contributed by atoms with Gasteiger partial charge in [0.05, 0.1) is 0 Å². The van der Waals surface area contributed by atoms with Crippen LogP contribution in [0.15, 0.2) is 48.5 Å². The summed E-state index contributed by atoms with van der Waals surface area (Å²) in [6, 6.07) is 14.8. The molecule has 110 valence electrons. The van der Waals surface area contributed by atoms with Crippen LogP contribution in [0.25, 0.3) is 0 Å². The Balaban J connectivity index is 1.70. The fourth-order valence-corrected chi connectivity index (χ4v) is 2.06. The lowest BCUT2D eigenvalue weighted by atomic mass is 10.1. The zero-order valence-electron chi connectivity index (χ0n) is 11.5. The number of phenolic OH excluding ortho intramolecular Hbond substituents is 2. The molecule has 2 aromatic rings. The maximum absolute atomic E-state index is 9.41. The molecule has 0 fully saturated rings. The first kappa shape index (κ1) is 15.1. The van der Waals surface area contributed by atoms with Crippen molar-refractivity contribution in [3.8, 4) is 11.5 Å². The van der Waals surface area contributed by atoms with Crippen LogP contribution in [0, 0.1) is 0 Å². The Bertz CT molecular complexity index is 602. The highest BCUT2D eigenvalue weighted by Crippen LogP contribution is 2.24. The Morgan fingerprint density at radius 3 is 2.38 bits per heavy atom. The molecule has 0 bridgehead atoms. The molecule has 2 rings (SSSR count). The van der Waals surface area contributed by atoms with Crippen LogP contribution in [0.2, 0.25) is 0 Å². The molecule has 0 saturated carbocycles. The SMILES string of the molecule is Oc1ccc(CCNC(=S)NCc2ccccc2)cc1O. The molecule has 0 atom stereocenters. The molecule has 2 aromatic carbocycles. The van der Waals surface area contributed by atoms with Gasteiger partial charge in [0.25, 0.3) is 0 Å². The Kier molecular flexibility index (Phi) is 5.40. The number of phenols is 2. The lowest BCUT2D eigenvalue weighted by Gasteiger charge is -2.10. The van der Waals surface area contributed by atoms with E-state index in [9.17, 15) is 10.2 Å². The van der Waals surface area contributed by atoms with E-state index < -0.39 is 0 Å². The van der Waals surface area contributed by atoms with E-state index in [1.54, 1.807) is 12.1 Å². The van der Waals surface area contributed by atoms with Crippen molar-refractivity contribution in [1.82, 2.24) is 10.6 Å². The van der Waals surface area contributed by atoms with E-state index in [2.05, 4.69) is 10.6 Å². The van der Waals surface area contributed by atoms with E-state index in [4.69, 9.17) is 12.2 Å². The van der Waals surface area contributed by atoms with Gasteiger partial charge in [0.2, 0.25) is 0 Å². The van der Waals surface area contributed by atoms with Gasteiger partial charge in [-0.2, -0.15) is 0 Å². The second-order valence-corrected chi connectivity index (χ2v) is 5.08. The number of nitrogens with one attached hydrogen (secondary N) is 2. The summed E-state index contributed by atoms with van der Waals surface area (Å²) in [5.41, 5.74) is 2.11. The summed E-state index contributed by atoms with van der Waals surface area (Å²) in [4.78, 5) is 0. The monoisotopic (exact) mass is 302 g/mol. The van der Waals surface area contributed by atoms with Crippen LogP contribution in [0.5, 0.6) is 11.5 Å². The fraction of sp³-hybridized carbons (Fsp3) is 0.188. The van der Waals surface area contributed by atoms with Crippen LogP contribution in [-0.4, -0.2) is 21.9 Å². The summed E-state index contributed by atoms with van der Waals surface area (Å²) in [6.07, 6.45) is 0.709. The molecule has 0 unspecified atom stereocenters. The van der Waals surface area contributed by atoms with Crippen LogP contribution < -0.4 is 10.6 Å². The number of rotatable bonds is 5. The molecule has 0 heterocycles. The third kappa shape index (κ3) is 4.96.